The summed E-state index contributed by atoms with van der Waals surface area (Å²) in [6, 6.07) is 17.4. The average molecular weight is 287 g/mol. The van der Waals surface area contributed by atoms with E-state index in [1.165, 1.54) is 0 Å². The highest BCUT2D eigenvalue weighted by Crippen LogP contribution is 2.21. The first-order chi connectivity index (χ1) is 10.2. The Balaban J connectivity index is 1.97. The van der Waals surface area contributed by atoms with Crippen molar-refractivity contribution in [2.45, 2.75) is 19.1 Å². The Hall–Kier alpha value is -1.88. The Morgan fingerprint density at radius 2 is 1.76 bits per heavy atom. The summed E-state index contributed by atoms with van der Waals surface area (Å²) in [5, 5.41) is 9.46. The SMILES string of the molecule is COc1cccc([C@@H](C)NO[C@H](CO)c2ccccc2)c1. The van der Waals surface area contributed by atoms with E-state index >= 15 is 0 Å². The molecule has 0 aliphatic carbocycles. The summed E-state index contributed by atoms with van der Waals surface area (Å²) < 4.78 is 5.21. The second-order valence-corrected chi connectivity index (χ2v) is 4.82. The van der Waals surface area contributed by atoms with E-state index < -0.39 is 0 Å². The summed E-state index contributed by atoms with van der Waals surface area (Å²) in [4.78, 5) is 5.63. The Labute approximate surface area is 125 Å². The lowest BCUT2D eigenvalue weighted by Gasteiger charge is -2.20. The van der Waals surface area contributed by atoms with Crippen molar-refractivity contribution < 1.29 is 14.7 Å². The van der Waals surface area contributed by atoms with Gasteiger partial charge in [0.25, 0.3) is 0 Å². The van der Waals surface area contributed by atoms with Crippen molar-refractivity contribution in [3.05, 3.63) is 65.7 Å². The first-order valence-electron chi connectivity index (χ1n) is 6.95. The molecule has 21 heavy (non-hydrogen) atoms. The number of hydrogen-bond donors (Lipinski definition) is 2. The van der Waals surface area contributed by atoms with Gasteiger partial charge in [-0.1, -0.05) is 42.5 Å². The molecule has 0 saturated heterocycles. The number of methoxy groups -OCH3 is 1. The number of aliphatic hydroxyl groups is 1. The number of nitrogens with one attached hydrogen (secondary N) is 1. The van der Waals surface area contributed by atoms with E-state index in [-0.39, 0.29) is 18.8 Å². The van der Waals surface area contributed by atoms with Crippen LogP contribution >= 0.6 is 0 Å². The quantitative estimate of drug-likeness (QED) is 0.769. The van der Waals surface area contributed by atoms with Crippen molar-refractivity contribution >= 4 is 0 Å². The van der Waals surface area contributed by atoms with E-state index in [4.69, 9.17) is 9.57 Å². The zero-order valence-electron chi connectivity index (χ0n) is 12.3. The van der Waals surface area contributed by atoms with Crippen LogP contribution < -0.4 is 10.2 Å². The first kappa shape index (κ1) is 15.5. The summed E-state index contributed by atoms with van der Waals surface area (Å²) in [5.41, 5.74) is 4.97. The number of hydroxylamine groups is 1. The molecule has 2 atom stereocenters. The Morgan fingerprint density at radius 3 is 2.43 bits per heavy atom. The molecule has 0 spiro atoms. The van der Waals surface area contributed by atoms with Crippen LogP contribution in [0.25, 0.3) is 0 Å². The van der Waals surface area contributed by atoms with Crippen molar-refractivity contribution in [3.63, 3.8) is 0 Å². The fourth-order valence-corrected chi connectivity index (χ4v) is 2.04. The maximum atomic E-state index is 9.46. The third-order valence-electron chi connectivity index (χ3n) is 3.32. The van der Waals surface area contributed by atoms with Crippen LogP contribution in [0, 0.1) is 0 Å². The summed E-state index contributed by atoms with van der Waals surface area (Å²) >= 11 is 0. The molecule has 0 fully saturated rings. The largest absolute Gasteiger partial charge is 0.497 e. The minimum Gasteiger partial charge on any atom is -0.497 e. The van der Waals surface area contributed by atoms with E-state index in [2.05, 4.69) is 5.48 Å². The van der Waals surface area contributed by atoms with Gasteiger partial charge in [0, 0.05) is 0 Å². The maximum absolute atomic E-state index is 9.46. The highest BCUT2D eigenvalue weighted by molar-refractivity contribution is 5.30. The molecule has 0 bridgehead atoms. The lowest BCUT2D eigenvalue weighted by atomic mass is 10.1. The van der Waals surface area contributed by atoms with Crippen LogP contribution in [0.5, 0.6) is 5.75 Å². The monoisotopic (exact) mass is 287 g/mol. The Morgan fingerprint density at radius 1 is 1.05 bits per heavy atom. The highest BCUT2D eigenvalue weighted by atomic mass is 16.7. The van der Waals surface area contributed by atoms with E-state index in [1.807, 2.05) is 61.5 Å². The van der Waals surface area contributed by atoms with Gasteiger partial charge in [-0.3, -0.25) is 4.84 Å². The summed E-state index contributed by atoms with van der Waals surface area (Å²) in [5.74, 6) is 0.808. The van der Waals surface area contributed by atoms with Crippen LogP contribution in [-0.4, -0.2) is 18.8 Å². The normalized spacial score (nSPS) is 13.7. The number of benzene rings is 2. The van der Waals surface area contributed by atoms with Gasteiger partial charge in [0.15, 0.2) is 0 Å². The number of ether oxygens (including phenoxy) is 1. The number of rotatable bonds is 7. The molecule has 112 valence electrons. The lowest BCUT2D eigenvalue weighted by molar-refractivity contribution is -0.0668. The first-order valence-corrected chi connectivity index (χ1v) is 6.95. The molecule has 2 N–H and O–H groups in total. The summed E-state index contributed by atoms with van der Waals surface area (Å²) in [6.45, 7) is 1.91. The molecule has 2 rings (SSSR count). The second-order valence-electron chi connectivity index (χ2n) is 4.82. The lowest BCUT2D eigenvalue weighted by Crippen LogP contribution is -2.24. The van der Waals surface area contributed by atoms with E-state index in [1.54, 1.807) is 7.11 Å². The minimum atomic E-state index is -0.390. The molecule has 2 aromatic carbocycles. The van der Waals surface area contributed by atoms with Gasteiger partial charge in [-0.25, -0.2) is 0 Å². The zero-order valence-corrected chi connectivity index (χ0v) is 12.3. The van der Waals surface area contributed by atoms with Crippen LogP contribution in [0.1, 0.15) is 30.2 Å². The van der Waals surface area contributed by atoms with Crippen molar-refractivity contribution in [1.29, 1.82) is 0 Å². The molecule has 0 heterocycles. The summed E-state index contributed by atoms with van der Waals surface area (Å²) in [6.07, 6.45) is -0.390. The van der Waals surface area contributed by atoms with Crippen molar-refractivity contribution in [2.24, 2.45) is 0 Å². The number of hydrogen-bond acceptors (Lipinski definition) is 4. The van der Waals surface area contributed by atoms with Gasteiger partial charge >= 0.3 is 0 Å². The molecule has 0 radical (unpaired) electrons. The van der Waals surface area contributed by atoms with Crippen molar-refractivity contribution in [1.82, 2.24) is 5.48 Å². The topological polar surface area (TPSA) is 50.7 Å². The molecule has 0 unspecified atom stereocenters. The van der Waals surface area contributed by atoms with Crippen LogP contribution in [0.3, 0.4) is 0 Å². The van der Waals surface area contributed by atoms with Crippen LogP contribution in [-0.2, 0) is 4.84 Å². The van der Waals surface area contributed by atoms with E-state index in [0.29, 0.717) is 0 Å². The van der Waals surface area contributed by atoms with Crippen molar-refractivity contribution in [3.8, 4) is 5.75 Å². The van der Waals surface area contributed by atoms with Gasteiger partial charge in [0.2, 0.25) is 0 Å². The maximum Gasteiger partial charge on any atom is 0.127 e. The molecule has 0 aliphatic rings. The molecular formula is C17H21NO3. The standard InChI is InChI=1S/C17H21NO3/c1-13(15-9-6-10-16(11-15)20-2)18-21-17(12-19)14-7-4-3-5-8-14/h3-11,13,17-19H,12H2,1-2H3/t13-,17-/m1/s1. The van der Waals surface area contributed by atoms with E-state index in [9.17, 15) is 5.11 Å². The fourth-order valence-electron chi connectivity index (χ4n) is 2.04. The highest BCUT2D eigenvalue weighted by Gasteiger charge is 2.13. The van der Waals surface area contributed by atoms with Gasteiger partial charge in [-0.2, -0.15) is 5.48 Å². The van der Waals surface area contributed by atoms with Crippen LogP contribution in [0.4, 0.5) is 0 Å². The predicted molar refractivity (Wildman–Crippen MR) is 81.9 cm³/mol. The summed E-state index contributed by atoms with van der Waals surface area (Å²) in [7, 11) is 1.64. The van der Waals surface area contributed by atoms with Gasteiger partial charge in [-0.15, -0.1) is 0 Å². The molecule has 4 nitrogen and oxygen atoms in total. The number of aliphatic hydroxyl groups excluding tert-OH is 1. The second kappa shape index (κ2) is 7.78. The minimum absolute atomic E-state index is 0.0159. The average Bonchev–Trinajstić information content (AvgIpc) is 2.56. The zero-order chi connectivity index (χ0) is 15.1. The van der Waals surface area contributed by atoms with Gasteiger partial charge in [0.05, 0.1) is 19.8 Å². The van der Waals surface area contributed by atoms with Crippen LogP contribution in [0.2, 0.25) is 0 Å². The molecular weight excluding hydrogens is 266 g/mol. The Bertz CT molecular complexity index is 545. The molecule has 0 aromatic heterocycles. The van der Waals surface area contributed by atoms with Crippen LogP contribution in [0.15, 0.2) is 54.6 Å². The molecule has 0 amide bonds. The predicted octanol–water partition coefficient (Wildman–Crippen LogP) is 3.01. The van der Waals surface area contributed by atoms with Crippen molar-refractivity contribution in [2.75, 3.05) is 13.7 Å². The molecule has 0 saturated carbocycles. The van der Waals surface area contributed by atoms with Gasteiger partial charge in [0.1, 0.15) is 11.9 Å². The smallest absolute Gasteiger partial charge is 0.127 e. The van der Waals surface area contributed by atoms with Gasteiger partial charge in [-0.05, 0) is 30.2 Å². The molecule has 0 aliphatic heterocycles. The molecule has 4 heteroatoms. The third kappa shape index (κ3) is 4.29. The Kier molecular flexibility index (Phi) is 5.75. The fraction of sp³-hybridized carbons (Fsp3) is 0.294. The van der Waals surface area contributed by atoms with Gasteiger partial charge < -0.3 is 9.84 Å². The van der Waals surface area contributed by atoms with E-state index in [0.717, 1.165) is 16.9 Å². The third-order valence-corrected chi connectivity index (χ3v) is 3.32. The molecule has 2 aromatic rings.